The maximum absolute atomic E-state index is 5.66. The zero-order valence-corrected chi connectivity index (χ0v) is 10.4. The molecular weight excluding hydrogens is 202 g/mol. The van der Waals surface area contributed by atoms with Gasteiger partial charge >= 0.3 is 0 Å². The van der Waals surface area contributed by atoms with E-state index < -0.39 is 0 Å². The second-order valence-electron chi connectivity index (χ2n) is 4.29. The Balaban J connectivity index is 2.44. The van der Waals surface area contributed by atoms with E-state index in [1.54, 1.807) is 6.07 Å². The first-order valence-corrected chi connectivity index (χ1v) is 5.88. The van der Waals surface area contributed by atoms with E-state index in [4.69, 9.17) is 10.5 Å². The molecule has 0 radical (unpaired) electrons. The second-order valence-corrected chi connectivity index (χ2v) is 4.29. The standard InChI is InChI=1S/C12H21N3O/c1-4-11-14-10(13)8-12(15-11)16-7-5-6-9(2)3/h8-9H,4-7H2,1-3H3,(H2,13,14,15). The number of ether oxygens (including phenoxy) is 1. The molecular formula is C12H21N3O. The number of aryl methyl sites for hydroxylation is 1. The third-order valence-corrected chi connectivity index (χ3v) is 2.26. The summed E-state index contributed by atoms with van der Waals surface area (Å²) in [5, 5.41) is 0. The number of nitrogens with zero attached hydrogens (tertiary/aromatic N) is 2. The average molecular weight is 223 g/mol. The maximum atomic E-state index is 5.66. The number of anilines is 1. The van der Waals surface area contributed by atoms with Crippen LogP contribution in [0.1, 0.15) is 39.4 Å². The van der Waals surface area contributed by atoms with Gasteiger partial charge in [0, 0.05) is 12.5 Å². The van der Waals surface area contributed by atoms with Gasteiger partial charge in [-0.05, 0) is 18.8 Å². The lowest BCUT2D eigenvalue weighted by molar-refractivity contribution is 0.286. The van der Waals surface area contributed by atoms with Gasteiger partial charge in [0.1, 0.15) is 11.6 Å². The van der Waals surface area contributed by atoms with Crippen LogP contribution in [0.3, 0.4) is 0 Å². The first-order valence-electron chi connectivity index (χ1n) is 5.88. The summed E-state index contributed by atoms with van der Waals surface area (Å²) in [6, 6.07) is 1.68. The van der Waals surface area contributed by atoms with Crippen LogP contribution in [0.4, 0.5) is 5.82 Å². The highest BCUT2D eigenvalue weighted by atomic mass is 16.5. The predicted octanol–water partition coefficient (Wildman–Crippen LogP) is 2.44. The lowest BCUT2D eigenvalue weighted by atomic mass is 10.1. The van der Waals surface area contributed by atoms with E-state index in [1.807, 2.05) is 6.92 Å². The van der Waals surface area contributed by atoms with E-state index in [0.717, 1.165) is 18.7 Å². The van der Waals surface area contributed by atoms with Gasteiger partial charge < -0.3 is 10.5 Å². The monoisotopic (exact) mass is 223 g/mol. The van der Waals surface area contributed by atoms with Crippen molar-refractivity contribution in [3.05, 3.63) is 11.9 Å². The average Bonchev–Trinajstić information content (AvgIpc) is 2.23. The molecule has 1 aromatic rings. The van der Waals surface area contributed by atoms with Gasteiger partial charge in [0.25, 0.3) is 0 Å². The Labute approximate surface area is 97.2 Å². The summed E-state index contributed by atoms with van der Waals surface area (Å²) in [6.07, 6.45) is 2.98. The molecule has 4 heteroatoms. The molecule has 0 aliphatic rings. The van der Waals surface area contributed by atoms with Gasteiger partial charge in [0.2, 0.25) is 5.88 Å². The molecule has 0 aliphatic heterocycles. The highest BCUT2D eigenvalue weighted by Gasteiger charge is 2.02. The minimum Gasteiger partial charge on any atom is -0.478 e. The lowest BCUT2D eigenvalue weighted by Crippen LogP contribution is -2.05. The lowest BCUT2D eigenvalue weighted by Gasteiger charge is -2.08. The first kappa shape index (κ1) is 12.7. The van der Waals surface area contributed by atoms with Crippen molar-refractivity contribution in [2.45, 2.75) is 40.0 Å². The molecule has 90 valence electrons. The Morgan fingerprint density at radius 1 is 1.38 bits per heavy atom. The summed E-state index contributed by atoms with van der Waals surface area (Å²) in [4.78, 5) is 8.35. The van der Waals surface area contributed by atoms with Crippen molar-refractivity contribution < 1.29 is 4.74 Å². The SMILES string of the molecule is CCc1nc(N)cc(OCCCC(C)C)n1. The summed E-state index contributed by atoms with van der Waals surface area (Å²) >= 11 is 0. The van der Waals surface area contributed by atoms with E-state index in [1.165, 1.54) is 6.42 Å². The van der Waals surface area contributed by atoms with Crippen LogP contribution in [-0.2, 0) is 6.42 Å². The van der Waals surface area contributed by atoms with Crippen molar-refractivity contribution >= 4 is 5.82 Å². The van der Waals surface area contributed by atoms with Gasteiger partial charge in [0.15, 0.2) is 0 Å². The third kappa shape index (κ3) is 4.47. The predicted molar refractivity (Wildman–Crippen MR) is 65.4 cm³/mol. The number of hydrogen-bond acceptors (Lipinski definition) is 4. The zero-order chi connectivity index (χ0) is 12.0. The summed E-state index contributed by atoms with van der Waals surface area (Å²) in [5.41, 5.74) is 5.66. The number of hydrogen-bond donors (Lipinski definition) is 1. The maximum Gasteiger partial charge on any atom is 0.218 e. The Kier molecular flexibility index (Phi) is 5.02. The van der Waals surface area contributed by atoms with E-state index in [-0.39, 0.29) is 0 Å². The minimum absolute atomic E-state index is 0.478. The van der Waals surface area contributed by atoms with Gasteiger partial charge in [-0.1, -0.05) is 20.8 Å². The van der Waals surface area contributed by atoms with Crippen molar-refractivity contribution in [3.8, 4) is 5.88 Å². The van der Waals surface area contributed by atoms with Crippen LogP contribution in [0.25, 0.3) is 0 Å². The number of rotatable bonds is 6. The van der Waals surface area contributed by atoms with E-state index in [9.17, 15) is 0 Å². The van der Waals surface area contributed by atoms with Crippen molar-refractivity contribution in [3.63, 3.8) is 0 Å². The second kappa shape index (κ2) is 6.30. The molecule has 0 aliphatic carbocycles. The first-order chi connectivity index (χ1) is 7.61. The summed E-state index contributed by atoms with van der Waals surface area (Å²) in [6.45, 7) is 7.10. The Morgan fingerprint density at radius 3 is 2.75 bits per heavy atom. The number of aromatic nitrogens is 2. The molecule has 16 heavy (non-hydrogen) atoms. The molecule has 0 spiro atoms. The van der Waals surface area contributed by atoms with Crippen LogP contribution in [0.15, 0.2) is 6.07 Å². The highest BCUT2D eigenvalue weighted by molar-refractivity contribution is 5.32. The largest absolute Gasteiger partial charge is 0.478 e. The van der Waals surface area contributed by atoms with Crippen LogP contribution >= 0.6 is 0 Å². The van der Waals surface area contributed by atoms with Crippen LogP contribution in [0.2, 0.25) is 0 Å². The molecule has 0 fully saturated rings. The third-order valence-electron chi connectivity index (χ3n) is 2.26. The minimum atomic E-state index is 0.478. The van der Waals surface area contributed by atoms with Crippen molar-refractivity contribution in [1.82, 2.24) is 9.97 Å². The molecule has 4 nitrogen and oxygen atoms in total. The molecule has 1 heterocycles. The van der Waals surface area contributed by atoms with E-state index >= 15 is 0 Å². The molecule has 0 unspecified atom stereocenters. The number of nitrogens with two attached hydrogens (primary N) is 1. The molecule has 1 aromatic heterocycles. The smallest absolute Gasteiger partial charge is 0.218 e. The fourth-order valence-corrected chi connectivity index (χ4v) is 1.39. The zero-order valence-electron chi connectivity index (χ0n) is 10.4. The Morgan fingerprint density at radius 2 is 2.12 bits per heavy atom. The van der Waals surface area contributed by atoms with E-state index in [0.29, 0.717) is 24.2 Å². The van der Waals surface area contributed by atoms with Crippen LogP contribution < -0.4 is 10.5 Å². The molecule has 0 atom stereocenters. The quantitative estimate of drug-likeness (QED) is 0.752. The fourth-order valence-electron chi connectivity index (χ4n) is 1.39. The molecule has 1 rings (SSSR count). The Bertz CT molecular complexity index is 326. The van der Waals surface area contributed by atoms with E-state index in [2.05, 4.69) is 23.8 Å². The van der Waals surface area contributed by atoms with Crippen molar-refractivity contribution in [2.24, 2.45) is 5.92 Å². The van der Waals surface area contributed by atoms with Gasteiger partial charge in [-0.3, -0.25) is 0 Å². The van der Waals surface area contributed by atoms with Crippen LogP contribution in [0.5, 0.6) is 5.88 Å². The summed E-state index contributed by atoms with van der Waals surface area (Å²) in [5.74, 6) is 2.52. The summed E-state index contributed by atoms with van der Waals surface area (Å²) in [7, 11) is 0. The molecule has 0 bridgehead atoms. The van der Waals surface area contributed by atoms with Crippen molar-refractivity contribution in [2.75, 3.05) is 12.3 Å². The van der Waals surface area contributed by atoms with Gasteiger partial charge in [0.05, 0.1) is 6.61 Å². The topological polar surface area (TPSA) is 61.0 Å². The van der Waals surface area contributed by atoms with Gasteiger partial charge in [-0.25, -0.2) is 4.98 Å². The highest BCUT2D eigenvalue weighted by Crippen LogP contribution is 2.12. The molecule has 0 amide bonds. The molecule has 0 saturated carbocycles. The van der Waals surface area contributed by atoms with Gasteiger partial charge in [-0.15, -0.1) is 0 Å². The molecule has 0 aromatic carbocycles. The molecule has 2 N–H and O–H groups in total. The molecule has 0 saturated heterocycles. The fraction of sp³-hybridized carbons (Fsp3) is 0.667. The van der Waals surface area contributed by atoms with Crippen LogP contribution in [-0.4, -0.2) is 16.6 Å². The normalized spacial score (nSPS) is 10.8. The van der Waals surface area contributed by atoms with Crippen molar-refractivity contribution in [1.29, 1.82) is 0 Å². The van der Waals surface area contributed by atoms with Gasteiger partial charge in [-0.2, -0.15) is 4.98 Å². The number of nitrogen functional groups attached to an aromatic ring is 1. The summed E-state index contributed by atoms with van der Waals surface area (Å²) < 4.78 is 5.55. The van der Waals surface area contributed by atoms with Crippen LogP contribution in [0, 0.1) is 5.92 Å². The Hall–Kier alpha value is -1.32.